The highest BCUT2D eigenvalue weighted by Gasteiger charge is 2.10. The lowest BCUT2D eigenvalue weighted by Gasteiger charge is -2.13. The summed E-state index contributed by atoms with van der Waals surface area (Å²) in [6.45, 7) is 5.84. The number of benzene rings is 2. The average Bonchev–Trinajstić information content (AvgIpc) is 2.53. The van der Waals surface area contributed by atoms with E-state index >= 15 is 0 Å². The summed E-state index contributed by atoms with van der Waals surface area (Å²) in [4.78, 5) is 12.1. The molecular formula is C18H17Cl2NO3. The predicted molar refractivity (Wildman–Crippen MR) is 97.3 cm³/mol. The zero-order chi connectivity index (χ0) is 17.5. The quantitative estimate of drug-likeness (QED) is 0.704. The van der Waals surface area contributed by atoms with Crippen molar-refractivity contribution < 1.29 is 14.3 Å². The molecule has 2 aromatic rings. The van der Waals surface area contributed by atoms with E-state index < -0.39 is 0 Å². The summed E-state index contributed by atoms with van der Waals surface area (Å²) in [7, 11) is 0. The lowest BCUT2D eigenvalue weighted by Crippen LogP contribution is -2.20. The largest absolute Gasteiger partial charge is 0.487 e. The van der Waals surface area contributed by atoms with E-state index in [0.717, 1.165) is 5.57 Å². The van der Waals surface area contributed by atoms with E-state index in [4.69, 9.17) is 32.7 Å². The Labute approximate surface area is 151 Å². The molecule has 0 heterocycles. The third-order valence-corrected chi connectivity index (χ3v) is 3.42. The Bertz CT molecular complexity index is 747. The fraction of sp³-hybridized carbons (Fsp3) is 0.167. The number of carbonyl (C=O) groups excluding carboxylic acids is 1. The van der Waals surface area contributed by atoms with Crippen molar-refractivity contribution in [1.82, 2.24) is 0 Å². The third kappa shape index (κ3) is 5.48. The summed E-state index contributed by atoms with van der Waals surface area (Å²) in [5, 5.41) is 3.60. The second kappa shape index (κ2) is 8.62. The zero-order valence-electron chi connectivity index (χ0n) is 13.1. The molecule has 4 nitrogen and oxygen atoms in total. The van der Waals surface area contributed by atoms with Gasteiger partial charge in [0.2, 0.25) is 0 Å². The number of hydrogen-bond acceptors (Lipinski definition) is 3. The van der Waals surface area contributed by atoms with E-state index in [-0.39, 0.29) is 12.5 Å². The second-order valence-electron chi connectivity index (χ2n) is 5.15. The van der Waals surface area contributed by atoms with Crippen LogP contribution in [0.25, 0.3) is 0 Å². The number of ether oxygens (including phenoxy) is 2. The Balaban J connectivity index is 1.96. The van der Waals surface area contributed by atoms with Gasteiger partial charge in [-0.2, -0.15) is 0 Å². The molecule has 0 aromatic heterocycles. The summed E-state index contributed by atoms with van der Waals surface area (Å²) in [5.74, 6) is 0.633. The first kappa shape index (κ1) is 18.2. The van der Waals surface area contributed by atoms with E-state index in [9.17, 15) is 4.79 Å². The van der Waals surface area contributed by atoms with E-state index in [1.807, 2.05) is 13.0 Å². The van der Waals surface area contributed by atoms with Crippen LogP contribution in [0.15, 0.2) is 54.6 Å². The minimum absolute atomic E-state index is 0.184. The molecule has 0 aliphatic rings. The molecule has 0 radical (unpaired) electrons. The number of rotatable bonds is 7. The van der Waals surface area contributed by atoms with Crippen molar-refractivity contribution in [3.63, 3.8) is 0 Å². The lowest BCUT2D eigenvalue weighted by atomic mass is 10.3. The van der Waals surface area contributed by atoms with Crippen molar-refractivity contribution in [3.8, 4) is 11.5 Å². The zero-order valence-corrected chi connectivity index (χ0v) is 14.7. The van der Waals surface area contributed by atoms with Gasteiger partial charge >= 0.3 is 0 Å². The van der Waals surface area contributed by atoms with Crippen LogP contribution >= 0.6 is 23.2 Å². The fourth-order valence-corrected chi connectivity index (χ4v) is 2.28. The highest BCUT2D eigenvalue weighted by atomic mass is 35.5. The SMILES string of the molecule is C=C(C)COc1ccccc1NC(=O)COc1ccc(Cl)cc1Cl. The normalized spacial score (nSPS) is 10.1. The van der Waals surface area contributed by atoms with Crippen molar-refractivity contribution >= 4 is 34.8 Å². The molecule has 0 unspecified atom stereocenters. The van der Waals surface area contributed by atoms with Gasteiger partial charge in [0.15, 0.2) is 6.61 Å². The van der Waals surface area contributed by atoms with Crippen molar-refractivity contribution in [2.75, 3.05) is 18.5 Å². The molecule has 24 heavy (non-hydrogen) atoms. The highest BCUT2D eigenvalue weighted by molar-refractivity contribution is 6.35. The Kier molecular flexibility index (Phi) is 6.53. The van der Waals surface area contributed by atoms with Crippen molar-refractivity contribution in [2.45, 2.75) is 6.92 Å². The molecule has 0 bridgehead atoms. The summed E-state index contributed by atoms with van der Waals surface area (Å²) in [5.41, 5.74) is 1.45. The predicted octanol–water partition coefficient (Wildman–Crippen LogP) is 4.97. The number of amides is 1. The van der Waals surface area contributed by atoms with Gasteiger partial charge in [0.1, 0.15) is 18.1 Å². The Morgan fingerprint density at radius 1 is 1.08 bits per heavy atom. The maximum Gasteiger partial charge on any atom is 0.262 e. The molecule has 1 amide bonds. The maximum absolute atomic E-state index is 12.1. The lowest BCUT2D eigenvalue weighted by molar-refractivity contribution is -0.118. The molecule has 0 aliphatic heterocycles. The number of nitrogens with one attached hydrogen (secondary N) is 1. The van der Waals surface area contributed by atoms with Crippen molar-refractivity contribution in [2.24, 2.45) is 0 Å². The number of carbonyl (C=O) groups is 1. The molecule has 0 saturated heterocycles. The molecule has 0 fully saturated rings. The molecule has 1 N–H and O–H groups in total. The first-order valence-electron chi connectivity index (χ1n) is 7.19. The van der Waals surface area contributed by atoms with Crippen LogP contribution in [0.5, 0.6) is 11.5 Å². The first-order valence-corrected chi connectivity index (χ1v) is 7.95. The van der Waals surface area contributed by atoms with Gasteiger partial charge in [-0.1, -0.05) is 41.9 Å². The van der Waals surface area contributed by atoms with Crippen molar-refractivity contribution in [3.05, 3.63) is 64.7 Å². The summed E-state index contributed by atoms with van der Waals surface area (Å²) in [6, 6.07) is 12.0. The molecule has 0 spiro atoms. The minimum Gasteiger partial charge on any atom is -0.487 e. The van der Waals surface area contributed by atoms with E-state index in [2.05, 4.69) is 11.9 Å². The van der Waals surface area contributed by atoms with Gasteiger partial charge in [0, 0.05) is 5.02 Å². The Morgan fingerprint density at radius 3 is 2.50 bits per heavy atom. The van der Waals surface area contributed by atoms with Crippen molar-refractivity contribution in [1.29, 1.82) is 0 Å². The van der Waals surface area contributed by atoms with Crippen LogP contribution in [-0.2, 0) is 4.79 Å². The monoisotopic (exact) mass is 365 g/mol. The summed E-state index contributed by atoms with van der Waals surface area (Å²) >= 11 is 11.8. The Morgan fingerprint density at radius 2 is 1.79 bits per heavy atom. The topological polar surface area (TPSA) is 47.6 Å². The molecule has 2 aromatic carbocycles. The van der Waals surface area contributed by atoms with E-state index in [1.165, 1.54) is 0 Å². The van der Waals surface area contributed by atoms with Crippen LogP contribution in [0.1, 0.15) is 6.92 Å². The van der Waals surface area contributed by atoms with Crippen LogP contribution in [0.3, 0.4) is 0 Å². The van der Waals surface area contributed by atoms with Crippen LogP contribution < -0.4 is 14.8 Å². The number of para-hydroxylation sites is 2. The van der Waals surface area contributed by atoms with Crippen LogP contribution in [0.4, 0.5) is 5.69 Å². The average molecular weight is 366 g/mol. The third-order valence-electron chi connectivity index (χ3n) is 2.89. The van der Waals surface area contributed by atoms with Gasteiger partial charge in [0.25, 0.3) is 5.91 Å². The molecule has 0 atom stereocenters. The van der Waals surface area contributed by atoms with Crippen LogP contribution in [0, 0.1) is 0 Å². The van der Waals surface area contributed by atoms with Gasteiger partial charge in [-0.3, -0.25) is 4.79 Å². The standard InChI is InChI=1S/C18H17Cl2NO3/c1-12(2)10-23-17-6-4-3-5-15(17)21-18(22)11-24-16-8-7-13(19)9-14(16)20/h3-9H,1,10-11H2,2H3,(H,21,22). The smallest absolute Gasteiger partial charge is 0.262 e. The van der Waals surface area contributed by atoms with Gasteiger partial charge in [0.05, 0.1) is 10.7 Å². The second-order valence-corrected chi connectivity index (χ2v) is 6.00. The number of halogens is 2. The van der Waals surface area contributed by atoms with Gasteiger partial charge < -0.3 is 14.8 Å². The van der Waals surface area contributed by atoms with Gasteiger partial charge in [-0.25, -0.2) is 0 Å². The fourth-order valence-electron chi connectivity index (χ4n) is 1.82. The molecule has 2 rings (SSSR count). The molecule has 0 aliphatic carbocycles. The number of hydrogen-bond donors (Lipinski definition) is 1. The van der Waals surface area contributed by atoms with Gasteiger partial charge in [-0.05, 0) is 42.8 Å². The first-order chi connectivity index (χ1) is 11.5. The highest BCUT2D eigenvalue weighted by Crippen LogP contribution is 2.28. The Hall–Kier alpha value is -2.17. The molecule has 0 saturated carbocycles. The molecular weight excluding hydrogens is 349 g/mol. The van der Waals surface area contributed by atoms with E-state index in [1.54, 1.807) is 36.4 Å². The minimum atomic E-state index is -0.326. The van der Waals surface area contributed by atoms with Crippen LogP contribution in [0.2, 0.25) is 10.0 Å². The molecule has 126 valence electrons. The van der Waals surface area contributed by atoms with Crippen LogP contribution in [-0.4, -0.2) is 19.1 Å². The van der Waals surface area contributed by atoms with E-state index in [0.29, 0.717) is 33.8 Å². The maximum atomic E-state index is 12.1. The molecule has 6 heteroatoms. The summed E-state index contributed by atoms with van der Waals surface area (Å²) < 4.78 is 11.0. The number of anilines is 1. The van der Waals surface area contributed by atoms with Gasteiger partial charge in [-0.15, -0.1) is 0 Å². The summed E-state index contributed by atoms with van der Waals surface area (Å²) in [6.07, 6.45) is 0.